The Morgan fingerprint density at radius 3 is 2.26 bits per heavy atom. The SMILES string of the molecule is CCOC(=O)C(CC(C)(C)C)n1c(-c2ccc(C)cc2)c(C)c(C=O)c([N+](=O)[O-])c1=O. The molecule has 1 aromatic heterocycles. The van der Waals surface area contributed by atoms with Gasteiger partial charge < -0.3 is 4.74 Å². The van der Waals surface area contributed by atoms with Gasteiger partial charge in [-0.2, -0.15) is 0 Å². The van der Waals surface area contributed by atoms with Crippen molar-refractivity contribution in [2.45, 2.75) is 54.0 Å². The van der Waals surface area contributed by atoms with Crippen LogP contribution in [0.25, 0.3) is 11.3 Å². The van der Waals surface area contributed by atoms with Gasteiger partial charge in [0.15, 0.2) is 6.29 Å². The summed E-state index contributed by atoms with van der Waals surface area (Å²) >= 11 is 0. The topological polar surface area (TPSA) is 109 Å². The number of nitro groups is 1. The number of aryl methyl sites for hydroxylation is 1. The molecule has 0 N–H and O–H groups in total. The first-order valence-electron chi connectivity index (χ1n) is 10.0. The first-order valence-corrected chi connectivity index (χ1v) is 10.0. The predicted octanol–water partition coefficient (Wildman–Crippen LogP) is 4.39. The first-order chi connectivity index (χ1) is 14.4. The van der Waals surface area contributed by atoms with Crippen molar-refractivity contribution in [2.75, 3.05) is 6.61 Å². The van der Waals surface area contributed by atoms with E-state index in [1.807, 2.05) is 39.8 Å². The molecule has 0 amide bonds. The molecule has 0 aliphatic heterocycles. The highest BCUT2D eigenvalue weighted by molar-refractivity contribution is 5.88. The zero-order chi connectivity index (χ0) is 23.5. The van der Waals surface area contributed by atoms with Gasteiger partial charge in [-0.1, -0.05) is 50.6 Å². The third-order valence-electron chi connectivity index (χ3n) is 4.98. The van der Waals surface area contributed by atoms with E-state index in [1.54, 1.807) is 26.0 Å². The number of rotatable bonds is 7. The number of nitrogens with zero attached hydrogens (tertiary/aromatic N) is 2. The predicted molar refractivity (Wildman–Crippen MR) is 117 cm³/mol. The van der Waals surface area contributed by atoms with Gasteiger partial charge in [-0.3, -0.25) is 24.3 Å². The maximum atomic E-state index is 13.4. The van der Waals surface area contributed by atoms with E-state index < -0.39 is 33.6 Å². The second kappa shape index (κ2) is 9.24. The number of pyridine rings is 1. The van der Waals surface area contributed by atoms with Gasteiger partial charge >= 0.3 is 17.2 Å². The summed E-state index contributed by atoms with van der Waals surface area (Å²) in [4.78, 5) is 48.9. The van der Waals surface area contributed by atoms with Gasteiger partial charge in [0.25, 0.3) is 0 Å². The van der Waals surface area contributed by atoms with Crippen molar-refractivity contribution in [3.8, 4) is 11.3 Å². The summed E-state index contributed by atoms with van der Waals surface area (Å²) in [7, 11) is 0. The Morgan fingerprint density at radius 2 is 1.81 bits per heavy atom. The molecule has 8 heteroatoms. The third kappa shape index (κ3) is 5.07. The van der Waals surface area contributed by atoms with E-state index in [0.717, 1.165) is 10.1 Å². The molecule has 2 aromatic rings. The van der Waals surface area contributed by atoms with Gasteiger partial charge in [-0.25, -0.2) is 4.79 Å². The van der Waals surface area contributed by atoms with E-state index in [0.29, 0.717) is 17.5 Å². The van der Waals surface area contributed by atoms with E-state index in [2.05, 4.69) is 0 Å². The molecule has 0 fully saturated rings. The average molecular weight is 428 g/mol. The number of carbonyl (C=O) groups is 2. The number of hydrogen-bond acceptors (Lipinski definition) is 6. The zero-order valence-corrected chi connectivity index (χ0v) is 18.7. The number of esters is 1. The Bertz CT molecular complexity index is 1060. The Balaban J connectivity index is 3.03. The normalized spacial score (nSPS) is 12.3. The van der Waals surface area contributed by atoms with Gasteiger partial charge in [0.2, 0.25) is 0 Å². The number of carbonyl (C=O) groups excluding carboxylic acids is 2. The van der Waals surface area contributed by atoms with Crippen molar-refractivity contribution in [1.82, 2.24) is 4.57 Å². The Morgan fingerprint density at radius 1 is 1.23 bits per heavy atom. The van der Waals surface area contributed by atoms with Crippen LogP contribution in [-0.2, 0) is 9.53 Å². The lowest BCUT2D eigenvalue weighted by Crippen LogP contribution is -2.37. The Hall–Kier alpha value is -3.29. The van der Waals surface area contributed by atoms with E-state index in [1.165, 1.54) is 0 Å². The quantitative estimate of drug-likeness (QED) is 0.280. The monoisotopic (exact) mass is 428 g/mol. The van der Waals surface area contributed by atoms with Gasteiger partial charge in [0.05, 0.1) is 17.2 Å². The van der Waals surface area contributed by atoms with Crippen molar-refractivity contribution >= 4 is 17.9 Å². The van der Waals surface area contributed by atoms with Gasteiger partial charge in [0.1, 0.15) is 11.6 Å². The van der Waals surface area contributed by atoms with E-state index in [9.17, 15) is 24.5 Å². The molecule has 0 saturated carbocycles. The fraction of sp³-hybridized carbons (Fsp3) is 0.435. The van der Waals surface area contributed by atoms with Crippen LogP contribution in [0.15, 0.2) is 29.1 Å². The second-order valence-electron chi connectivity index (χ2n) is 8.68. The van der Waals surface area contributed by atoms with Crippen LogP contribution in [0.2, 0.25) is 0 Å². The standard InChI is InChI=1S/C23H28N2O6/c1-7-31-22(28)18(12-23(4,5)6)24-19(16-10-8-14(2)9-11-16)15(3)17(13-26)20(21(24)27)25(29)30/h8-11,13,18H,7,12H2,1-6H3. The highest BCUT2D eigenvalue weighted by Gasteiger charge is 2.36. The molecule has 1 aromatic carbocycles. The maximum Gasteiger partial charge on any atom is 0.344 e. The van der Waals surface area contributed by atoms with Crippen LogP contribution in [0.3, 0.4) is 0 Å². The molecule has 8 nitrogen and oxygen atoms in total. The summed E-state index contributed by atoms with van der Waals surface area (Å²) in [5, 5.41) is 11.7. The number of aldehydes is 1. The number of aromatic nitrogens is 1. The number of ether oxygens (including phenoxy) is 1. The van der Waals surface area contributed by atoms with Crippen LogP contribution in [0, 0.1) is 29.4 Å². The van der Waals surface area contributed by atoms with Crippen molar-refractivity contribution < 1.29 is 19.2 Å². The molecule has 0 aliphatic rings. The molecule has 0 saturated heterocycles. The fourth-order valence-electron chi connectivity index (χ4n) is 3.60. The summed E-state index contributed by atoms with van der Waals surface area (Å²) in [6.07, 6.45) is 0.529. The van der Waals surface area contributed by atoms with Gasteiger partial charge in [-0.15, -0.1) is 0 Å². The minimum absolute atomic E-state index is 0.0988. The molecular formula is C23H28N2O6. The highest BCUT2D eigenvalue weighted by atomic mass is 16.6. The molecule has 0 radical (unpaired) electrons. The minimum atomic E-state index is -1.10. The van der Waals surface area contributed by atoms with Crippen molar-refractivity contribution in [3.63, 3.8) is 0 Å². The molecule has 1 atom stereocenters. The third-order valence-corrected chi connectivity index (χ3v) is 4.98. The van der Waals surface area contributed by atoms with E-state index in [-0.39, 0.29) is 24.2 Å². The molecule has 0 aliphatic carbocycles. The minimum Gasteiger partial charge on any atom is -0.464 e. The smallest absolute Gasteiger partial charge is 0.344 e. The molecule has 2 rings (SSSR count). The molecule has 31 heavy (non-hydrogen) atoms. The second-order valence-corrected chi connectivity index (χ2v) is 8.68. The summed E-state index contributed by atoms with van der Waals surface area (Å²) in [6, 6.07) is 6.08. The highest BCUT2D eigenvalue weighted by Crippen LogP contribution is 2.35. The van der Waals surface area contributed by atoms with Crippen LogP contribution in [0.1, 0.15) is 61.6 Å². The maximum absolute atomic E-state index is 13.4. The van der Waals surface area contributed by atoms with Crippen LogP contribution < -0.4 is 5.56 Å². The molecule has 0 bridgehead atoms. The van der Waals surface area contributed by atoms with Crippen LogP contribution >= 0.6 is 0 Å². The molecule has 166 valence electrons. The molecule has 1 heterocycles. The lowest BCUT2D eigenvalue weighted by Gasteiger charge is -2.29. The number of benzene rings is 1. The van der Waals surface area contributed by atoms with Crippen LogP contribution in [0.4, 0.5) is 5.69 Å². The van der Waals surface area contributed by atoms with Crippen LogP contribution in [-0.4, -0.2) is 28.4 Å². The summed E-state index contributed by atoms with van der Waals surface area (Å²) in [5.41, 5.74) is -0.436. The van der Waals surface area contributed by atoms with Crippen molar-refractivity contribution in [1.29, 1.82) is 0 Å². The molecular weight excluding hydrogens is 400 g/mol. The van der Waals surface area contributed by atoms with Gasteiger partial charge in [0, 0.05) is 0 Å². The average Bonchev–Trinajstić information content (AvgIpc) is 2.67. The largest absolute Gasteiger partial charge is 0.464 e. The van der Waals surface area contributed by atoms with E-state index in [4.69, 9.17) is 4.74 Å². The molecule has 1 unspecified atom stereocenters. The van der Waals surface area contributed by atoms with Gasteiger partial charge in [-0.05, 0) is 43.7 Å². The van der Waals surface area contributed by atoms with Crippen molar-refractivity contribution in [3.05, 3.63) is 61.4 Å². The van der Waals surface area contributed by atoms with Crippen molar-refractivity contribution in [2.24, 2.45) is 5.41 Å². The Kier molecular flexibility index (Phi) is 7.15. The number of hydrogen-bond donors (Lipinski definition) is 0. The Labute approximate surface area is 181 Å². The van der Waals surface area contributed by atoms with Crippen LogP contribution in [0.5, 0.6) is 0 Å². The summed E-state index contributed by atoms with van der Waals surface area (Å²) < 4.78 is 6.36. The lowest BCUT2D eigenvalue weighted by molar-refractivity contribution is -0.386. The lowest BCUT2D eigenvalue weighted by atomic mass is 9.87. The van der Waals surface area contributed by atoms with E-state index >= 15 is 0 Å². The fourth-order valence-corrected chi connectivity index (χ4v) is 3.60. The summed E-state index contributed by atoms with van der Waals surface area (Å²) in [6.45, 7) is 10.9. The summed E-state index contributed by atoms with van der Waals surface area (Å²) in [5.74, 6) is -0.652. The zero-order valence-electron chi connectivity index (χ0n) is 18.7. The first kappa shape index (κ1) is 24.0. The molecule has 0 spiro atoms.